The summed E-state index contributed by atoms with van der Waals surface area (Å²) in [4.78, 5) is 15.0. The van der Waals surface area contributed by atoms with E-state index in [1.54, 1.807) is 6.20 Å². The summed E-state index contributed by atoms with van der Waals surface area (Å²) in [5.41, 5.74) is 3.21. The number of hydrogen-bond donors (Lipinski definition) is 1. The summed E-state index contributed by atoms with van der Waals surface area (Å²) in [6.07, 6.45) is 4.49. The number of anilines is 1. The van der Waals surface area contributed by atoms with E-state index in [0.29, 0.717) is 0 Å². The van der Waals surface area contributed by atoms with Crippen molar-refractivity contribution in [1.82, 2.24) is 4.98 Å². The molecule has 0 unspecified atom stereocenters. The Hall–Kier alpha value is -2.16. The van der Waals surface area contributed by atoms with Gasteiger partial charge in [0.15, 0.2) is 0 Å². The molecule has 0 bridgehead atoms. The topological polar surface area (TPSA) is 42.0 Å². The van der Waals surface area contributed by atoms with E-state index in [0.717, 1.165) is 12.1 Å². The van der Waals surface area contributed by atoms with Gasteiger partial charge in [0.25, 0.3) is 0 Å². The van der Waals surface area contributed by atoms with Crippen molar-refractivity contribution in [3.63, 3.8) is 0 Å². The molecular formula is C14H14N2O. The highest BCUT2D eigenvalue weighted by molar-refractivity contribution is 5.88. The van der Waals surface area contributed by atoms with Crippen molar-refractivity contribution in [2.45, 2.75) is 13.3 Å². The summed E-state index contributed by atoms with van der Waals surface area (Å²) in [7, 11) is 0. The highest BCUT2D eigenvalue weighted by atomic mass is 16.1. The number of amides is 1. The summed E-state index contributed by atoms with van der Waals surface area (Å²) in [5, 5.41) is 2.74. The Bertz CT molecular complexity index is 491. The van der Waals surface area contributed by atoms with Crippen molar-refractivity contribution in [2.24, 2.45) is 0 Å². The lowest BCUT2D eigenvalue weighted by atomic mass is 10.1. The van der Waals surface area contributed by atoms with E-state index in [9.17, 15) is 4.79 Å². The largest absolute Gasteiger partial charge is 0.326 e. The van der Waals surface area contributed by atoms with Crippen molar-refractivity contribution in [2.75, 3.05) is 5.32 Å². The van der Waals surface area contributed by atoms with Crippen LogP contribution in [0.2, 0.25) is 0 Å². The Balaban J connectivity index is 2.06. The molecule has 0 atom stereocenters. The lowest BCUT2D eigenvalue weighted by Crippen LogP contribution is -2.05. The molecule has 0 radical (unpaired) electrons. The lowest BCUT2D eigenvalue weighted by Gasteiger charge is -2.04. The lowest BCUT2D eigenvalue weighted by molar-refractivity contribution is -0.114. The predicted molar refractivity (Wildman–Crippen MR) is 67.8 cm³/mol. The molecule has 0 spiro atoms. The summed E-state index contributed by atoms with van der Waals surface area (Å²) in [5.74, 6) is -0.0509. The van der Waals surface area contributed by atoms with Gasteiger partial charge in [0, 0.05) is 25.0 Å². The molecular weight excluding hydrogens is 212 g/mol. The molecule has 0 saturated heterocycles. The number of pyridine rings is 1. The van der Waals surface area contributed by atoms with Crippen LogP contribution >= 0.6 is 0 Å². The molecule has 1 aromatic heterocycles. The first-order valence-corrected chi connectivity index (χ1v) is 5.49. The number of carbonyl (C=O) groups excluding carboxylic acids is 1. The minimum Gasteiger partial charge on any atom is -0.326 e. The second-order valence-electron chi connectivity index (χ2n) is 3.92. The quantitative estimate of drug-likeness (QED) is 0.874. The molecule has 0 saturated carbocycles. The zero-order chi connectivity index (χ0) is 12.1. The van der Waals surface area contributed by atoms with Gasteiger partial charge >= 0.3 is 0 Å². The maximum atomic E-state index is 10.9. The minimum absolute atomic E-state index is 0.0509. The van der Waals surface area contributed by atoms with Crippen molar-refractivity contribution < 1.29 is 4.79 Å². The van der Waals surface area contributed by atoms with E-state index in [2.05, 4.69) is 16.4 Å². The van der Waals surface area contributed by atoms with Gasteiger partial charge in [-0.25, -0.2) is 0 Å². The van der Waals surface area contributed by atoms with Crippen molar-refractivity contribution in [3.05, 3.63) is 59.9 Å². The molecule has 1 heterocycles. The first-order valence-electron chi connectivity index (χ1n) is 5.49. The molecule has 1 aromatic carbocycles. The fraction of sp³-hybridized carbons (Fsp3) is 0.143. The third-order valence-corrected chi connectivity index (χ3v) is 2.41. The van der Waals surface area contributed by atoms with Crippen LogP contribution in [-0.4, -0.2) is 10.9 Å². The highest BCUT2D eigenvalue weighted by Crippen LogP contribution is 2.12. The van der Waals surface area contributed by atoms with Crippen molar-refractivity contribution in [3.8, 4) is 0 Å². The van der Waals surface area contributed by atoms with Gasteiger partial charge in [0.1, 0.15) is 0 Å². The van der Waals surface area contributed by atoms with Gasteiger partial charge < -0.3 is 5.32 Å². The average Bonchev–Trinajstić information content (AvgIpc) is 2.32. The molecule has 2 rings (SSSR count). The van der Waals surface area contributed by atoms with Crippen LogP contribution in [0.3, 0.4) is 0 Å². The first-order chi connectivity index (χ1) is 8.24. The molecule has 17 heavy (non-hydrogen) atoms. The molecule has 0 aliphatic rings. The zero-order valence-electron chi connectivity index (χ0n) is 9.68. The number of nitrogens with one attached hydrogen (secondary N) is 1. The van der Waals surface area contributed by atoms with Crippen LogP contribution in [0.25, 0.3) is 0 Å². The average molecular weight is 226 g/mol. The maximum Gasteiger partial charge on any atom is 0.221 e. The van der Waals surface area contributed by atoms with Gasteiger partial charge in [-0.3, -0.25) is 9.78 Å². The molecule has 2 aromatic rings. The van der Waals surface area contributed by atoms with E-state index in [1.807, 2.05) is 36.5 Å². The molecule has 3 heteroatoms. The number of nitrogens with zero attached hydrogens (tertiary/aromatic N) is 1. The number of aromatic nitrogens is 1. The molecule has 86 valence electrons. The SMILES string of the molecule is CC(=O)Nc1ccc(Cc2cccnc2)cc1. The van der Waals surface area contributed by atoms with Gasteiger partial charge in [-0.2, -0.15) is 0 Å². The fourth-order valence-corrected chi connectivity index (χ4v) is 1.65. The predicted octanol–water partition coefficient (Wildman–Crippen LogP) is 2.63. The Morgan fingerprint density at radius 1 is 1.18 bits per heavy atom. The van der Waals surface area contributed by atoms with Crippen molar-refractivity contribution >= 4 is 11.6 Å². The third kappa shape index (κ3) is 3.41. The van der Waals surface area contributed by atoms with Crippen LogP contribution in [0.5, 0.6) is 0 Å². The van der Waals surface area contributed by atoms with Crippen LogP contribution in [0, 0.1) is 0 Å². The van der Waals surface area contributed by atoms with Crippen molar-refractivity contribution in [1.29, 1.82) is 0 Å². The second kappa shape index (κ2) is 5.25. The van der Waals surface area contributed by atoms with E-state index in [4.69, 9.17) is 0 Å². The smallest absolute Gasteiger partial charge is 0.221 e. The molecule has 0 aliphatic carbocycles. The molecule has 1 amide bonds. The van der Waals surface area contributed by atoms with Crippen LogP contribution < -0.4 is 5.32 Å². The number of hydrogen-bond acceptors (Lipinski definition) is 2. The van der Waals surface area contributed by atoms with E-state index < -0.39 is 0 Å². The molecule has 3 nitrogen and oxygen atoms in total. The zero-order valence-corrected chi connectivity index (χ0v) is 9.68. The van der Waals surface area contributed by atoms with Crippen LogP contribution in [0.15, 0.2) is 48.8 Å². The summed E-state index contributed by atoms with van der Waals surface area (Å²) >= 11 is 0. The Morgan fingerprint density at radius 3 is 2.53 bits per heavy atom. The molecule has 1 N–H and O–H groups in total. The Labute approximate surface area is 101 Å². The molecule has 0 fully saturated rings. The number of carbonyl (C=O) groups is 1. The summed E-state index contributed by atoms with van der Waals surface area (Å²) in [6, 6.07) is 11.8. The first kappa shape index (κ1) is 11.3. The highest BCUT2D eigenvalue weighted by Gasteiger charge is 1.98. The van der Waals surface area contributed by atoms with E-state index in [1.165, 1.54) is 18.1 Å². The third-order valence-electron chi connectivity index (χ3n) is 2.41. The van der Waals surface area contributed by atoms with Gasteiger partial charge in [-0.05, 0) is 35.7 Å². The second-order valence-corrected chi connectivity index (χ2v) is 3.92. The number of benzene rings is 1. The Kier molecular flexibility index (Phi) is 3.50. The van der Waals surface area contributed by atoms with Gasteiger partial charge in [0.05, 0.1) is 0 Å². The van der Waals surface area contributed by atoms with Gasteiger partial charge in [0.2, 0.25) is 5.91 Å². The maximum absolute atomic E-state index is 10.9. The van der Waals surface area contributed by atoms with Gasteiger partial charge in [-0.1, -0.05) is 18.2 Å². The monoisotopic (exact) mass is 226 g/mol. The normalized spacial score (nSPS) is 9.94. The summed E-state index contributed by atoms with van der Waals surface area (Å²) < 4.78 is 0. The van der Waals surface area contributed by atoms with E-state index >= 15 is 0 Å². The van der Waals surface area contributed by atoms with Crippen LogP contribution in [0.1, 0.15) is 18.1 Å². The van der Waals surface area contributed by atoms with Crippen LogP contribution in [-0.2, 0) is 11.2 Å². The van der Waals surface area contributed by atoms with Gasteiger partial charge in [-0.15, -0.1) is 0 Å². The molecule has 0 aliphatic heterocycles. The standard InChI is InChI=1S/C14H14N2O/c1-11(17)16-14-6-4-12(5-7-14)9-13-3-2-8-15-10-13/h2-8,10H,9H2,1H3,(H,16,17). The Morgan fingerprint density at radius 2 is 1.94 bits per heavy atom. The fourth-order valence-electron chi connectivity index (χ4n) is 1.65. The minimum atomic E-state index is -0.0509. The van der Waals surface area contributed by atoms with Crippen LogP contribution in [0.4, 0.5) is 5.69 Å². The summed E-state index contributed by atoms with van der Waals surface area (Å²) in [6.45, 7) is 1.50. The number of rotatable bonds is 3. The van der Waals surface area contributed by atoms with E-state index in [-0.39, 0.29) is 5.91 Å².